The van der Waals surface area contributed by atoms with Crippen molar-refractivity contribution < 1.29 is 9.66 Å². The van der Waals surface area contributed by atoms with Gasteiger partial charge in [-0.3, -0.25) is 0 Å². The molecule has 0 bridgehead atoms. The van der Waals surface area contributed by atoms with Crippen LogP contribution in [0.4, 0.5) is 5.69 Å². The lowest BCUT2D eigenvalue weighted by Crippen LogP contribution is -2.37. The summed E-state index contributed by atoms with van der Waals surface area (Å²) < 4.78 is 11.7. The van der Waals surface area contributed by atoms with E-state index in [2.05, 4.69) is 23.2 Å². The Hall–Kier alpha value is -1.26. The summed E-state index contributed by atoms with van der Waals surface area (Å²) in [6.45, 7) is 6.91. The fourth-order valence-corrected chi connectivity index (χ4v) is 3.53. The zero-order valence-electron chi connectivity index (χ0n) is 14.7. The summed E-state index contributed by atoms with van der Waals surface area (Å²) in [7, 11) is 0. The minimum Gasteiger partial charge on any atom is -0.616 e. The molecule has 0 saturated carbocycles. The molecule has 0 amide bonds. The molecule has 6 heteroatoms. The zero-order valence-corrected chi connectivity index (χ0v) is 15.5. The van der Waals surface area contributed by atoms with Gasteiger partial charge in [-0.1, -0.05) is 25.0 Å². The monoisotopic (exact) mass is 351 g/mol. The number of nitriles is 1. The van der Waals surface area contributed by atoms with Crippen LogP contribution in [-0.4, -0.2) is 58.3 Å². The van der Waals surface area contributed by atoms with Gasteiger partial charge in [-0.2, -0.15) is 5.26 Å². The molecule has 1 aromatic rings. The first-order valence-electron chi connectivity index (χ1n) is 8.58. The number of aliphatic hydroxyl groups excluding tert-OH is 1. The first-order chi connectivity index (χ1) is 11.6. The summed E-state index contributed by atoms with van der Waals surface area (Å²) in [5.74, 6) is 1.52. The fraction of sp³-hybridized carbons (Fsp3) is 0.611. The van der Waals surface area contributed by atoms with Crippen molar-refractivity contribution in [1.29, 1.82) is 5.26 Å². The standard InChI is InChI=1S/C18H29N3O2S/c1-3-11-24(23)12-5-10-21(4-2)15-18(22)14-20-17-8-6-16(13-19)7-9-17/h6-9,18,20,22H,3-5,10-12,14-15H2,1-2H3. The van der Waals surface area contributed by atoms with Crippen LogP contribution in [0.15, 0.2) is 24.3 Å². The van der Waals surface area contributed by atoms with Gasteiger partial charge < -0.3 is 19.9 Å². The maximum atomic E-state index is 11.7. The molecular weight excluding hydrogens is 322 g/mol. The summed E-state index contributed by atoms with van der Waals surface area (Å²) in [4.78, 5) is 2.19. The van der Waals surface area contributed by atoms with Crippen molar-refractivity contribution >= 4 is 16.9 Å². The number of anilines is 1. The SMILES string of the molecule is CCC[S+]([O-])CCCN(CC)CC(O)CNc1ccc(C#N)cc1. The lowest BCUT2D eigenvalue weighted by molar-refractivity contribution is 0.125. The Morgan fingerprint density at radius 1 is 1.29 bits per heavy atom. The first kappa shape index (κ1) is 20.8. The summed E-state index contributed by atoms with van der Waals surface area (Å²) in [5, 5.41) is 22.1. The van der Waals surface area contributed by atoms with Crippen molar-refractivity contribution in [2.24, 2.45) is 0 Å². The Balaban J connectivity index is 2.27. The average Bonchev–Trinajstić information content (AvgIpc) is 2.59. The molecule has 2 atom stereocenters. The van der Waals surface area contributed by atoms with E-state index in [-0.39, 0.29) is 0 Å². The van der Waals surface area contributed by atoms with Crippen molar-refractivity contribution in [2.75, 3.05) is 43.0 Å². The molecule has 0 spiro atoms. The second-order valence-electron chi connectivity index (χ2n) is 5.82. The number of hydrogen-bond acceptors (Lipinski definition) is 5. The maximum absolute atomic E-state index is 11.7. The molecule has 1 rings (SSSR count). The van der Waals surface area contributed by atoms with Crippen molar-refractivity contribution in [3.05, 3.63) is 29.8 Å². The van der Waals surface area contributed by atoms with Crippen molar-refractivity contribution in [3.8, 4) is 6.07 Å². The van der Waals surface area contributed by atoms with Crippen LogP contribution in [0.2, 0.25) is 0 Å². The number of nitrogens with zero attached hydrogens (tertiary/aromatic N) is 2. The molecule has 0 aliphatic rings. The van der Waals surface area contributed by atoms with E-state index in [1.165, 1.54) is 0 Å². The van der Waals surface area contributed by atoms with Gasteiger partial charge in [0.25, 0.3) is 0 Å². The topological polar surface area (TPSA) is 82.3 Å². The van der Waals surface area contributed by atoms with E-state index in [4.69, 9.17) is 5.26 Å². The van der Waals surface area contributed by atoms with Crippen LogP contribution in [-0.2, 0) is 11.2 Å². The van der Waals surface area contributed by atoms with Crippen molar-refractivity contribution in [1.82, 2.24) is 4.90 Å². The molecule has 24 heavy (non-hydrogen) atoms. The second kappa shape index (κ2) is 12.2. The van der Waals surface area contributed by atoms with Gasteiger partial charge in [0.2, 0.25) is 0 Å². The van der Waals surface area contributed by atoms with E-state index in [9.17, 15) is 9.66 Å². The smallest absolute Gasteiger partial charge is 0.106 e. The summed E-state index contributed by atoms with van der Waals surface area (Å²) in [5.41, 5.74) is 1.52. The Labute approximate surface area is 148 Å². The van der Waals surface area contributed by atoms with Gasteiger partial charge in [-0.05, 0) is 37.2 Å². The molecule has 0 heterocycles. The third kappa shape index (κ3) is 8.55. The molecular formula is C18H29N3O2S. The molecule has 0 saturated heterocycles. The van der Waals surface area contributed by atoms with Crippen LogP contribution in [0.25, 0.3) is 0 Å². The minimum atomic E-state index is -0.707. The summed E-state index contributed by atoms with van der Waals surface area (Å²) in [6, 6.07) is 9.27. The van der Waals surface area contributed by atoms with Gasteiger partial charge in [0.05, 0.1) is 17.7 Å². The highest BCUT2D eigenvalue weighted by atomic mass is 32.2. The fourth-order valence-electron chi connectivity index (χ4n) is 2.42. The highest BCUT2D eigenvalue weighted by Crippen LogP contribution is 2.09. The van der Waals surface area contributed by atoms with E-state index in [1.807, 2.05) is 19.1 Å². The van der Waals surface area contributed by atoms with Gasteiger partial charge in [0, 0.05) is 31.7 Å². The molecule has 0 aliphatic carbocycles. The number of benzene rings is 1. The molecule has 134 valence electrons. The quantitative estimate of drug-likeness (QED) is 0.564. The maximum Gasteiger partial charge on any atom is 0.106 e. The van der Waals surface area contributed by atoms with Crippen molar-refractivity contribution in [3.63, 3.8) is 0 Å². The average molecular weight is 352 g/mol. The predicted molar refractivity (Wildman–Crippen MR) is 101 cm³/mol. The molecule has 2 unspecified atom stereocenters. The normalized spacial score (nSPS) is 13.5. The number of hydrogen-bond donors (Lipinski definition) is 2. The van der Waals surface area contributed by atoms with Crippen LogP contribution in [0.1, 0.15) is 32.3 Å². The van der Waals surface area contributed by atoms with E-state index in [1.54, 1.807) is 12.1 Å². The molecule has 5 nitrogen and oxygen atoms in total. The highest BCUT2D eigenvalue weighted by molar-refractivity contribution is 7.91. The van der Waals surface area contributed by atoms with Gasteiger partial charge >= 0.3 is 0 Å². The third-order valence-corrected chi connectivity index (χ3v) is 5.36. The van der Waals surface area contributed by atoms with Crippen LogP contribution in [0.5, 0.6) is 0 Å². The van der Waals surface area contributed by atoms with Crippen LogP contribution >= 0.6 is 0 Å². The van der Waals surface area contributed by atoms with Gasteiger partial charge in [-0.15, -0.1) is 0 Å². The Morgan fingerprint density at radius 3 is 2.58 bits per heavy atom. The first-order valence-corrected chi connectivity index (χ1v) is 10.1. The van der Waals surface area contributed by atoms with Crippen molar-refractivity contribution in [2.45, 2.75) is 32.8 Å². The van der Waals surface area contributed by atoms with Crippen LogP contribution in [0, 0.1) is 11.3 Å². The van der Waals surface area contributed by atoms with Crippen LogP contribution in [0.3, 0.4) is 0 Å². The van der Waals surface area contributed by atoms with Gasteiger partial charge in [0.1, 0.15) is 11.5 Å². The van der Waals surface area contributed by atoms with Gasteiger partial charge in [-0.25, -0.2) is 0 Å². The largest absolute Gasteiger partial charge is 0.616 e. The lowest BCUT2D eigenvalue weighted by atomic mass is 10.2. The lowest BCUT2D eigenvalue weighted by Gasteiger charge is -2.24. The molecule has 0 aliphatic heterocycles. The second-order valence-corrected chi connectivity index (χ2v) is 7.51. The van der Waals surface area contributed by atoms with Crippen LogP contribution < -0.4 is 5.32 Å². The Kier molecular flexibility index (Phi) is 10.5. The van der Waals surface area contributed by atoms with Gasteiger partial charge in [0.15, 0.2) is 0 Å². The summed E-state index contributed by atoms with van der Waals surface area (Å²) in [6.07, 6.45) is 1.39. The number of likely N-dealkylation sites (N-methyl/N-ethyl adjacent to an activating group) is 1. The molecule has 0 fully saturated rings. The van der Waals surface area contributed by atoms with E-state index < -0.39 is 17.3 Å². The van der Waals surface area contributed by atoms with E-state index in [0.717, 1.165) is 43.1 Å². The number of aliphatic hydroxyl groups is 1. The minimum absolute atomic E-state index is 0.462. The van der Waals surface area contributed by atoms with E-state index in [0.29, 0.717) is 18.7 Å². The summed E-state index contributed by atoms with van der Waals surface area (Å²) >= 11 is -0.707. The Morgan fingerprint density at radius 2 is 2.00 bits per heavy atom. The highest BCUT2D eigenvalue weighted by Gasteiger charge is 2.12. The number of rotatable bonds is 12. The molecule has 0 aromatic heterocycles. The molecule has 0 radical (unpaired) electrons. The van der Waals surface area contributed by atoms with E-state index >= 15 is 0 Å². The zero-order chi connectivity index (χ0) is 17.8. The predicted octanol–water partition coefficient (Wildman–Crippen LogP) is 2.20. The molecule has 1 aromatic carbocycles. The third-order valence-electron chi connectivity index (χ3n) is 3.75. The Bertz CT molecular complexity index is 490. The molecule has 2 N–H and O–H groups in total. The number of nitrogens with one attached hydrogen (secondary N) is 1.